The average molecular weight is 336 g/mol. The lowest BCUT2D eigenvalue weighted by atomic mass is 9.95. The summed E-state index contributed by atoms with van der Waals surface area (Å²) < 4.78 is 5.10. The van der Waals surface area contributed by atoms with E-state index in [0.717, 1.165) is 36.1 Å². The molecule has 7 heteroatoms. The van der Waals surface area contributed by atoms with Crippen LogP contribution in [0, 0.1) is 0 Å². The molecule has 1 aromatic rings. The summed E-state index contributed by atoms with van der Waals surface area (Å²) in [5.74, 6) is -1.19. The summed E-state index contributed by atoms with van der Waals surface area (Å²) in [6.07, 6.45) is 5.32. The monoisotopic (exact) mass is 336 g/mol. The first-order chi connectivity index (χ1) is 11.0. The van der Waals surface area contributed by atoms with E-state index in [4.69, 9.17) is 4.74 Å². The van der Waals surface area contributed by atoms with Crippen molar-refractivity contribution in [3.63, 3.8) is 0 Å². The van der Waals surface area contributed by atoms with Crippen molar-refractivity contribution < 1.29 is 19.1 Å². The summed E-state index contributed by atoms with van der Waals surface area (Å²) in [6, 6.07) is 0. The zero-order valence-electron chi connectivity index (χ0n) is 13.1. The van der Waals surface area contributed by atoms with Crippen molar-refractivity contribution in [2.24, 2.45) is 0 Å². The fourth-order valence-corrected chi connectivity index (χ4v) is 3.79. The van der Waals surface area contributed by atoms with Crippen LogP contribution in [0.4, 0.5) is 5.00 Å². The number of aryl methyl sites for hydroxylation is 1. The zero-order chi connectivity index (χ0) is 16.8. The van der Waals surface area contributed by atoms with Gasteiger partial charge < -0.3 is 15.4 Å². The molecule has 0 saturated heterocycles. The third kappa shape index (κ3) is 4.41. The van der Waals surface area contributed by atoms with E-state index < -0.39 is 5.97 Å². The van der Waals surface area contributed by atoms with Gasteiger partial charge in [0.2, 0.25) is 5.91 Å². The van der Waals surface area contributed by atoms with Gasteiger partial charge in [0.05, 0.1) is 5.56 Å². The maximum absolute atomic E-state index is 12.4. The molecule has 0 fully saturated rings. The number of thiophene rings is 1. The lowest BCUT2D eigenvalue weighted by Gasteiger charge is -2.12. The van der Waals surface area contributed by atoms with Crippen molar-refractivity contribution in [3.8, 4) is 0 Å². The summed E-state index contributed by atoms with van der Waals surface area (Å²) >= 11 is 1.42. The Kier molecular flexibility index (Phi) is 5.92. The number of nitrogens with one attached hydrogen (secondary N) is 2. The Morgan fingerprint density at radius 1 is 1.30 bits per heavy atom. The molecule has 2 rings (SSSR count). The highest BCUT2D eigenvalue weighted by Gasteiger charge is 2.27. The summed E-state index contributed by atoms with van der Waals surface area (Å²) in [5, 5.41) is 5.75. The second kappa shape index (κ2) is 7.92. The van der Waals surface area contributed by atoms with E-state index in [1.165, 1.54) is 18.3 Å². The smallest absolute Gasteiger partial charge is 0.341 e. The van der Waals surface area contributed by atoms with Gasteiger partial charge in [-0.3, -0.25) is 9.59 Å². The summed E-state index contributed by atoms with van der Waals surface area (Å²) in [4.78, 5) is 36.4. The van der Waals surface area contributed by atoms with Gasteiger partial charge in [-0.25, -0.2) is 4.79 Å². The zero-order valence-corrected chi connectivity index (χ0v) is 13.9. The molecule has 1 aliphatic carbocycles. The fraction of sp³-hybridized carbons (Fsp3) is 0.438. The van der Waals surface area contributed by atoms with Crippen LogP contribution in [0.1, 0.15) is 40.6 Å². The number of rotatable bonds is 6. The molecule has 23 heavy (non-hydrogen) atoms. The topological polar surface area (TPSA) is 84.5 Å². The second-order valence-electron chi connectivity index (χ2n) is 5.27. The first kappa shape index (κ1) is 17.2. The summed E-state index contributed by atoms with van der Waals surface area (Å²) in [7, 11) is 0. The van der Waals surface area contributed by atoms with Crippen LogP contribution >= 0.6 is 11.3 Å². The Morgan fingerprint density at radius 3 is 2.74 bits per heavy atom. The first-order valence-electron chi connectivity index (χ1n) is 7.49. The molecule has 0 spiro atoms. The standard InChI is InChI=1S/C16H20N2O4S/c1-3-8-17-13(20)9-22-16(21)14-11-6-4-5-7-12(11)23-15(14)18-10(2)19/h3H,1,4-9H2,2H3,(H,17,20)(H,18,19). The van der Waals surface area contributed by atoms with Crippen LogP contribution in [-0.2, 0) is 27.2 Å². The van der Waals surface area contributed by atoms with Crippen molar-refractivity contribution in [1.82, 2.24) is 5.32 Å². The highest BCUT2D eigenvalue weighted by molar-refractivity contribution is 7.17. The molecule has 1 heterocycles. The van der Waals surface area contributed by atoms with E-state index in [-0.39, 0.29) is 18.4 Å². The Labute approximate surface area is 138 Å². The number of ether oxygens (including phenoxy) is 1. The van der Waals surface area contributed by atoms with Crippen molar-refractivity contribution in [1.29, 1.82) is 0 Å². The van der Waals surface area contributed by atoms with Crippen molar-refractivity contribution >= 4 is 34.1 Å². The SMILES string of the molecule is C=CCNC(=O)COC(=O)c1c(NC(C)=O)sc2c1CCCC2. The number of hydrogen-bond acceptors (Lipinski definition) is 5. The quantitative estimate of drug-likeness (QED) is 0.615. The van der Waals surface area contributed by atoms with Crippen LogP contribution < -0.4 is 10.6 Å². The van der Waals surface area contributed by atoms with Crippen molar-refractivity contribution in [2.75, 3.05) is 18.5 Å². The highest BCUT2D eigenvalue weighted by Crippen LogP contribution is 2.38. The Bertz CT molecular complexity index is 636. The second-order valence-corrected chi connectivity index (χ2v) is 6.37. The van der Waals surface area contributed by atoms with E-state index in [0.29, 0.717) is 17.1 Å². The Balaban J connectivity index is 2.14. The molecule has 124 valence electrons. The summed E-state index contributed by atoms with van der Waals surface area (Å²) in [6.45, 7) is 4.86. The maximum Gasteiger partial charge on any atom is 0.341 e. The van der Waals surface area contributed by atoms with Crippen LogP contribution in [0.25, 0.3) is 0 Å². The number of carbonyl (C=O) groups excluding carboxylic acids is 3. The van der Waals surface area contributed by atoms with E-state index >= 15 is 0 Å². The molecule has 0 saturated carbocycles. The Morgan fingerprint density at radius 2 is 2.04 bits per heavy atom. The number of fused-ring (bicyclic) bond motifs is 1. The fourth-order valence-electron chi connectivity index (χ4n) is 2.47. The predicted octanol–water partition coefficient (Wildman–Crippen LogP) is 2.04. The minimum atomic E-state index is -0.568. The van der Waals surface area contributed by atoms with Gasteiger partial charge >= 0.3 is 5.97 Å². The number of hydrogen-bond donors (Lipinski definition) is 2. The van der Waals surface area contributed by atoms with Crippen LogP contribution in [0.5, 0.6) is 0 Å². The van der Waals surface area contributed by atoms with Gasteiger partial charge in [0.25, 0.3) is 5.91 Å². The van der Waals surface area contributed by atoms with E-state index in [1.807, 2.05) is 0 Å². The van der Waals surface area contributed by atoms with Crippen LogP contribution in [0.15, 0.2) is 12.7 Å². The molecule has 0 aliphatic heterocycles. The van der Waals surface area contributed by atoms with Crippen molar-refractivity contribution in [3.05, 3.63) is 28.7 Å². The first-order valence-corrected chi connectivity index (χ1v) is 8.31. The molecule has 1 aliphatic rings. The Hall–Kier alpha value is -2.15. The third-order valence-electron chi connectivity index (χ3n) is 3.44. The number of anilines is 1. The molecule has 0 bridgehead atoms. The lowest BCUT2D eigenvalue weighted by molar-refractivity contribution is -0.124. The molecule has 2 amide bonds. The molecule has 0 atom stereocenters. The van der Waals surface area contributed by atoms with Gasteiger partial charge in [-0.1, -0.05) is 6.08 Å². The van der Waals surface area contributed by atoms with E-state index in [2.05, 4.69) is 17.2 Å². The van der Waals surface area contributed by atoms with Crippen molar-refractivity contribution in [2.45, 2.75) is 32.6 Å². The molecule has 2 N–H and O–H groups in total. The van der Waals surface area contributed by atoms with Gasteiger partial charge in [-0.2, -0.15) is 0 Å². The largest absolute Gasteiger partial charge is 0.452 e. The van der Waals surface area contributed by atoms with E-state index in [1.54, 1.807) is 6.08 Å². The number of esters is 1. The molecule has 0 unspecified atom stereocenters. The predicted molar refractivity (Wildman–Crippen MR) is 88.8 cm³/mol. The van der Waals surface area contributed by atoms with Gasteiger partial charge in [0.15, 0.2) is 6.61 Å². The van der Waals surface area contributed by atoms with Gasteiger partial charge in [-0.05, 0) is 31.2 Å². The molecular formula is C16H20N2O4S. The highest BCUT2D eigenvalue weighted by atomic mass is 32.1. The van der Waals surface area contributed by atoms with Gasteiger partial charge in [-0.15, -0.1) is 17.9 Å². The normalized spacial score (nSPS) is 12.9. The van der Waals surface area contributed by atoms with Crippen LogP contribution in [0.2, 0.25) is 0 Å². The summed E-state index contributed by atoms with van der Waals surface area (Å²) in [5.41, 5.74) is 1.35. The molecule has 1 aromatic heterocycles. The third-order valence-corrected chi connectivity index (χ3v) is 4.65. The lowest BCUT2D eigenvalue weighted by Crippen LogP contribution is -2.29. The van der Waals surface area contributed by atoms with Gasteiger partial charge in [0, 0.05) is 18.3 Å². The average Bonchev–Trinajstić information content (AvgIpc) is 2.87. The molecular weight excluding hydrogens is 316 g/mol. The minimum Gasteiger partial charge on any atom is -0.452 e. The molecule has 6 nitrogen and oxygen atoms in total. The maximum atomic E-state index is 12.4. The van der Waals surface area contributed by atoms with Gasteiger partial charge in [0.1, 0.15) is 5.00 Å². The molecule has 0 aromatic carbocycles. The van der Waals surface area contributed by atoms with E-state index in [9.17, 15) is 14.4 Å². The van der Waals surface area contributed by atoms with Crippen LogP contribution in [0.3, 0.4) is 0 Å². The number of amides is 2. The number of carbonyl (C=O) groups is 3. The van der Waals surface area contributed by atoms with Crippen LogP contribution in [-0.4, -0.2) is 30.9 Å². The minimum absolute atomic E-state index is 0.235. The molecule has 0 radical (unpaired) electrons.